The van der Waals surface area contributed by atoms with E-state index in [9.17, 15) is 9.59 Å². The van der Waals surface area contributed by atoms with Crippen molar-refractivity contribution < 1.29 is 19.1 Å². The van der Waals surface area contributed by atoms with Crippen LogP contribution in [0.1, 0.15) is 12.0 Å². The number of ether oxygens (including phenoxy) is 2. The van der Waals surface area contributed by atoms with Gasteiger partial charge in [-0.25, -0.2) is 0 Å². The van der Waals surface area contributed by atoms with Gasteiger partial charge in [-0.1, -0.05) is 12.1 Å². The van der Waals surface area contributed by atoms with Gasteiger partial charge in [0.25, 0.3) is 0 Å². The number of methoxy groups -OCH3 is 2. The van der Waals surface area contributed by atoms with Crippen molar-refractivity contribution in [3.05, 3.63) is 35.4 Å². The quantitative estimate of drug-likeness (QED) is 0.443. The van der Waals surface area contributed by atoms with E-state index in [1.165, 1.54) is 7.11 Å². The molecule has 0 aliphatic carbocycles. The lowest BCUT2D eigenvalue weighted by molar-refractivity contribution is -0.140. The van der Waals surface area contributed by atoms with Gasteiger partial charge < -0.3 is 9.47 Å². The largest absolute Gasteiger partial charge is 0.497 e. The third-order valence-corrected chi connectivity index (χ3v) is 2.20. The number of carbonyl (C=O) groups is 2. The lowest BCUT2D eigenvalue weighted by Crippen LogP contribution is -2.02. The average Bonchev–Trinajstić information content (AvgIpc) is 2.38. The van der Waals surface area contributed by atoms with Gasteiger partial charge in [-0.3, -0.25) is 9.59 Å². The van der Waals surface area contributed by atoms with Crippen molar-refractivity contribution in [3.63, 3.8) is 0 Å². The van der Waals surface area contributed by atoms with Gasteiger partial charge in [0.1, 0.15) is 12.0 Å². The topological polar surface area (TPSA) is 52.6 Å². The first kappa shape index (κ1) is 13.0. The summed E-state index contributed by atoms with van der Waals surface area (Å²) in [5.41, 5.74) is 1.21. The molecular weight excluding hydrogens is 220 g/mol. The van der Waals surface area contributed by atoms with Crippen molar-refractivity contribution in [2.75, 3.05) is 14.2 Å². The smallest absolute Gasteiger partial charge is 0.310 e. The zero-order valence-corrected chi connectivity index (χ0v) is 9.80. The van der Waals surface area contributed by atoms with E-state index in [1.807, 2.05) is 0 Å². The summed E-state index contributed by atoms with van der Waals surface area (Å²) in [5.74, 6) is 0.305. The zero-order chi connectivity index (χ0) is 12.7. The molecule has 90 valence electrons. The van der Waals surface area contributed by atoms with E-state index in [-0.39, 0.29) is 6.42 Å². The molecule has 1 aromatic carbocycles. The minimum atomic E-state index is -0.433. The highest BCUT2D eigenvalue weighted by atomic mass is 16.5. The molecule has 0 atom stereocenters. The Balaban J connectivity index is 2.82. The van der Waals surface area contributed by atoms with Gasteiger partial charge in [-0.15, -0.1) is 0 Å². The molecule has 1 aromatic rings. The van der Waals surface area contributed by atoms with Gasteiger partial charge in [0.05, 0.1) is 20.6 Å². The minimum Gasteiger partial charge on any atom is -0.497 e. The Hall–Kier alpha value is -2.10. The van der Waals surface area contributed by atoms with Crippen molar-refractivity contribution in [2.24, 2.45) is 0 Å². The number of aldehydes is 1. The Bertz CT molecular complexity index is 418. The maximum Gasteiger partial charge on any atom is 0.310 e. The molecule has 0 aromatic heterocycles. The Kier molecular flexibility index (Phi) is 4.94. The summed E-state index contributed by atoms with van der Waals surface area (Å²) in [6.07, 6.45) is 2.27. The fourth-order valence-electron chi connectivity index (χ4n) is 1.28. The molecule has 0 bridgehead atoms. The fraction of sp³-hybridized carbons (Fsp3) is 0.231. The van der Waals surface area contributed by atoms with Gasteiger partial charge in [0, 0.05) is 5.57 Å². The first-order chi connectivity index (χ1) is 8.19. The summed E-state index contributed by atoms with van der Waals surface area (Å²) in [4.78, 5) is 21.8. The molecule has 0 heterocycles. The Morgan fingerprint density at radius 1 is 1.24 bits per heavy atom. The monoisotopic (exact) mass is 234 g/mol. The van der Waals surface area contributed by atoms with E-state index in [1.54, 1.807) is 37.5 Å². The van der Waals surface area contributed by atoms with Gasteiger partial charge in [-0.2, -0.15) is 0 Å². The van der Waals surface area contributed by atoms with Crippen LogP contribution in [0.5, 0.6) is 5.75 Å². The minimum absolute atomic E-state index is 0.0218. The lowest BCUT2D eigenvalue weighted by atomic mass is 10.1. The van der Waals surface area contributed by atoms with Crippen LogP contribution in [-0.4, -0.2) is 26.5 Å². The molecule has 4 heteroatoms. The average molecular weight is 234 g/mol. The number of carbonyl (C=O) groups excluding carboxylic acids is 2. The van der Waals surface area contributed by atoms with Crippen molar-refractivity contribution >= 4 is 18.3 Å². The van der Waals surface area contributed by atoms with Gasteiger partial charge in [-0.05, 0) is 23.8 Å². The molecule has 17 heavy (non-hydrogen) atoms. The third-order valence-electron chi connectivity index (χ3n) is 2.20. The number of esters is 1. The van der Waals surface area contributed by atoms with E-state index >= 15 is 0 Å². The van der Waals surface area contributed by atoms with E-state index in [2.05, 4.69) is 4.74 Å². The van der Waals surface area contributed by atoms with Gasteiger partial charge in [0.2, 0.25) is 0 Å². The summed E-state index contributed by atoms with van der Waals surface area (Å²) in [6.45, 7) is 0. The number of hydrogen-bond acceptors (Lipinski definition) is 4. The molecule has 0 fully saturated rings. The highest BCUT2D eigenvalue weighted by molar-refractivity contribution is 5.89. The predicted molar refractivity (Wildman–Crippen MR) is 63.7 cm³/mol. The van der Waals surface area contributed by atoms with Crippen LogP contribution in [0.25, 0.3) is 6.08 Å². The molecule has 1 rings (SSSR count). The van der Waals surface area contributed by atoms with Crippen LogP contribution in [0.15, 0.2) is 29.8 Å². The Morgan fingerprint density at radius 2 is 1.88 bits per heavy atom. The van der Waals surface area contributed by atoms with Crippen LogP contribution in [0.4, 0.5) is 0 Å². The molecule has 0 unspecified atom stereocenters. The number of hydrogen-bond donors (Lipinski definition) is 0. The summed E-state index contributed by atoms with van der Waals surface area (Å²) in [6, 6.07) is 7.18. The molecule has 0 N–H and O–H groups in total. The van der Waals surface area contributed by atoms with Gasteiger partial charge in [0.15, 0.2) is 0 Å². The first-order valence-electron chi connectivity index (χ1n) is 5.06. The lowest BCUT2D eigenvalue weighted by Gasteiger charge is -2.01. The molecule has 0 saturated heterocycles. The highest BCUT2D eigenvalue weighted by Crippen LogP contribution is 2.14. The zero-order valence-electron chi connectivity index (χ0n) is 9.80. The third kappa shape index (κ3) is 4.10. The van der Waals surface area contributed by atoms with Crippen LogP contribution < -0.4 is 4.74 Å². The fourth-order valence-corrected chi connectivity index (χ4v) is 1.28. The normalized spacial score (nSPS) is 10.8. The summed E-state index contributed by atoms with van der Waals surface area (Å²) < 4.78 is 9.52. The summed E-state index contributed by atoms with van der Waals surface area (Å²) in [5, 5.41) is 0. The SMILES string of the molecule is COC(=O)C/C(C=O)=C/c1ccc(OC)cc1. The molecule has 4 nitrogen and oxygen atoms in total. The maximum absolute atomic E-state index is 11.0. The van der Waals surface area contributed by atoms with E-state index in [0.29, 0.717) is 11.9 Å². The molecule has 0 aliphatic heterocycles. The van der Waals surface area contributed by atoms with Crippen molar-refractivity contribution in [3.8, 4) is 5.75 Å². The van der Waals surface area contributed by atoms with Gasteiger partial charge >= 0.3 is 5.97 Å². The molecule has 0 spiro atoms. The van der Waals surface area contributed by atoms with Crippen LogP contribution in [-0.2, 0) is 14.3 Å². The van der Waals surface area contributed by atoms with Crippen LogP contribution in [0.3, 0.4) is 0 Å². The maximum atomic E-state index is 11.0. The summed E-state index contributed by atoms with van der Waals surface area (Å²) in [7, 11) is 2.87. The molecule has 0 amide bonds. The van der Waals surface area contributed by atoms with E-state index in [4.69, 9.17) is 4.74 Å². The molecule has 0 aliphatic rings. The van der Waals surface area contributed by atoms with Crippen LogP contribution >= 0.6 is 0 Å². The highest BCUT2D eigenvalue weighted by Gasteiger charge is 2.05. The number of rotatable bonds is 5. The second-order valence-corrected chi connectivity index (χ2v) is 3.36. The predicted octanol–water partition coefficient (Wildman–Crippen LogP) is 1.84. The van der Waals surface area contributed by atoms with Crippen LogP contribution in [0.2, 0.25) is 0 Å². The van der Waals surface area contributed by atoms with E-state index < -0.39 is 5.97 Å². The number of benzene rings is 1. The van der Waals surface area contributed by atoms with Crippen molar-refractivity contribution in [1.82, 2.24) is 0 Å². The van der Waals surface area contributed by atoms with Crippen molar-refractivity contribution in [1.29, 1.82) is 0 Å². The van der Waals surface area contributed by atoms with E-state index in [0.717, 1.165) is 11.3 Å². The summed E-state index contributed by atoms with van der Waals surface area (Å²) >= 11 is 0. The van der Waals surface area contributed by atoms with Crippen molar-refractivity contribution in [2.45, 2.75) is 6.42 Å². The Morgan fingerprint density at radius 3 is 2.35 bits per heavy atom. The second kappa shape index (κ2) is 6.48. The van der Waals surface area contributed by atoms with Crippen LogP contribution in [0, 0.1) is 0 Å². The first-order valence-corrected chi connectivity index (χ1v) is 5.06. The molecular formula is C13H14O4. The Labute approximate surface area is 99.8 Å². The molecule has 0 radical (unpaired) electrons. The second-order valence-electron chi connectivity index (χ2n) is 3.36. The molecule has 0 saturated carbocycles. The standard InChI is InChI=1S/C13H14O4/c1-16-12-5-3-10(4-6-12)7-11(9-14)8-13(15)17-2/h3-7,9H,8H2,1-2H3/b11-7-.